The summed E-state index contributed by atoms with van der Waals surface area (Å²) in [4.78, 5) is 6.97. The zero-order valence-corrected chi connectivity index (χ0v) is 16.1. The molecule has 1 fully saturated rings. The molecule has 2 heterocycles. The van der Waals surface area contributed by atoms with Crippen LogP contribution in [0.4, 0.5) is 5.69 Å². The molecule has 5 nitrogen and oxygen atoms in total. The summed E-state index contributed by atoms with van der Waals surface area (Å²) in [5.41, 5.74) is 0.617. The molecule has 134 valence electrons. The van der Waals surface area contributed by atoms with Crippen molar-refractivity contribution in [1.29, 1.82) is 0 Å². The molecule has 0 spiro atoms. The van der Waals surface area contributed by atoms with Gasteiger partial charge in [-0.05, 0) is 44.0 Å². The maximum absolute atomic E-state index is 12.8. The molecule has 25 heavy (non-hydrogen) atoms. The van der Waals surface area contributed by atoms with Gasteiger partial charge in [-0.25, -0.2) is 8.42 Å². The second-order valence-corrected chi connectivity index (χ2v) is 9.26. The fraction of sp³-hybridized carbons (Fsp3) is 0.389. The summed E-state index contributed by atoms with van der Waals surface area (Å²) in [6.07, 6.45) is 4.69. The Morgan fingerprint density at radius 2 is 1.92 bits per heavy atom. The summed E-state index contributed by atoms with van der Waals surface area (Å²) in [5, 5.41) is 0. The molecule has 1 aliphatic heterocycles. The number of nitrogens with zero attached hydrogens (tertiary/aromatic N) is 2. The van der Waals surface area contributed by atoms with Gasteiger partial charge in [0.1, 0.15) is 11.4 Å². The Hall–Kier alpha value is -1.70. The minimum Gasteiger partial charge on any atom is -0.494 e. The number of ether oxygens (including phenoxy) is 1. The van der Waals surface area contributed by atoms with Gasteiger partial charge in [0.05, 0.1) is 12.0 Å². The van der Waals surface area contributed by atoms with Crippen molar-refractivity contribution in [3.05, 3.63) is 40.1 Å². The Bertz CT molecular complexity index is 866. The smallest absolute Gasteiger partial charge is 0.243 e. The van der Waals surface area contributed by atoms with E-state index in [2.05, 4.69) is 4.99 Å². The summed E-state index contributed by atoms with van der Waals surface area (Å²) in [6.45, 7) is 3.22. The first-order valence-corrected chi connectivity index (χ1v) is 10.5. The lowest BCUT2D eigenvalue weighted by molar-refractivity contribution is 0.346. The Kier molecular flexibility index (Phi) is 5.56. The third-order valence-electron chi connectivity index (χ3n) is 4.20. The van der Waals surface area contributed by atoms with E-state index in [1.165, 1.54) is 12.0 Å². The van der Waals surface area contributed by atoms with Crippen LogP contribution >= 0.6 is 11.3 Å². The summed E-state index contributed by atoms with van der Waals surface area (Å²) >= 11 is 1.65. The number of methoxy groups -OCH3 is 1. The molecule has 0 unspecified atom stereocenters. The molecular formula is C18H22N2O3S2. The van der Waals surface area contributed by atoms with Gasteiger partial charge in [0.2, 0.25) is 10.0 Å². The van der Waals surface area contributed by atoms with Crippen LogP contribution in [-0.4, -0.2) is 39.1 Å². The topological polar surface area (TPSA) is 59.0 Å². The van der Waals surface area contributed by atoms with Crippen molar-refractivity contribution in [2.75, 3.05) is 20.2 Å². The van der Waals surface area contributed by atoms with Crippen LogP contribution < -0.4 is 4.74 Å². The van der Waals surface area contributed by atoms with E-state index in [0.29, 0.717) is 24.5 Å². The number of aliphatic imine (C=N–C) groups is 1. The number of sulfonamides is 1. The van der Waals surface area contributed by atoms with Gasteiger partial charge in [-0.3, -0.25) is 4.99 Å². The van der Waals surface area contributed by atoms with E-state index in [9.17, 15) is 8.42 Å². The molecule has 1 aromatic carbocycles. The normalized spacial score (nSPS) is 16.4. The molecular weight excluding hydrogens is 356 g/mol. The second-order valence-electron chi connectivity index (χ2n) is 6.01. The summed E-state index contributed by atoms with van der Waals surface area (Å²) < 4.78 is 32.5. The maximum atomic E-state index is 12.8. The molecule has 0 radical (unpaired) electrons. The van der Waals surface area contributed by atoms with Crippen LogP contribution in [0.2, 0.25) is 0 Å². The molecule has 2 aromatic rings. The van der Waals surface area contributed by atoms with Gasteiger partial charge in [-0.15, -0.1) is 11.3 Å². The maximum Gasteiger partial charge on any atom is 0.243 e. The first-order chi connectivity index (χ1) is 12.0. The molecule has 7 heteroatoms. The Morgan fingerprint density at radius 1 is 1.16 bits per heavy atom. The molecule has 3 rings (SSSR count). The van der Waals surface area contributed by atoms with Crippen LogP contribution in [0.25, 0.3) is 0 Å². The molecule has 0 bridgehead atoms. The minimum absolute atomic E-state index is 0.261. The summed E-state index contributed by atoms with van der Waals surface area (Å²) in [5.74, 6) is 0.461. The van der Waals surface area contributed by atoms with Crippen molar-refractivity contribution in [2.24, 2.45) is 4.99 Å². The third-order valence-corrected chi connectivity index (χ3v) is 7.03. The van der Waals surface area contributed by atoms with E-state index >= 15 is 0 Å². The number of rotatable bonds is 5. The molecule has 0 saturated carbocycles. The fourth-order valence-electron chi connectivity index (χ4n) is 2.84. The molecule has 1 saturated heterocycles. The van der Waals surface area contributed by atoms with Gasteiger partial charge in [0.15, 0.2) is 0 Å². The van der Waals surface area contributed by atoms with E-state index in [1.54, 1.807) is 40.1 Å². The molecule has 1 aliphatic rings. The molecule has 0 amide bonds. The first kappa shape index (κ1) is 18.1. The number of thiophene rings is 1. The summed E-state index contributed by atoms with van der Waals surface area (Å²) in [7, 11) is -1.94. The van der Waals surface area contributed by atoms with Crippen LogP contribution in [0.3, 0.4) is 0 Å². The van der Waals surface area contributed by atoms with Crippen molar-refractivity contribution >= 4 is 33.3 Å². The van der Waals surface area contributed by atoms with Crippen molar-refractivity contribution in [3.8, 4) is 5.75 Å². The highest BCUT2D eigenvalue weighted by Gasteiger charge is 2.26. The highest BCUT2D eigenvalue weighted by atomic mass is 32.2. The minimum atomic E-state index is -3.47. The zero-order valence-electron chi connectivity index (χ0n) is 14.4. The van der Waals surface area contributed by atoms with E-state index < -0.39 is 10.0 Å². The number of hydrogen-bond donors (Lipinski definition) is 0. The van der Waals surface area contributed by atoms with E-state index in [0.717, 1.165) is 24.1 Å². The largest absolute Gasteiger partial charge is 0.494 e. The summed E-state index contributed by atoms with van der Waals surface area (Å²) in [6, 6.07) is 8.92. The monoisotopic (exact) mass is 378 g/mol. The third kappa shape index (κ3) is 4.11. The standard InChI is InChI=1S/C18H22N2O3S2/c1-14-6-7-15(24-14)13-19-17-9-8-16(12-18(17)23-2)25(21,22)20-10-4-3-5-11-20/h6-9,12-13H,3-5,10-11H2,1-2H3. The molecule has 1 aromatic heterocycles. The van der Waals surface area contributed by atoms with Gasteiger partial charge in [0, 0.05) is 35.1 Å². The number of aryl methyl sites for hydroxylation is 1. The van der Waals surface area contributed by atoms with E-state index in [4.69, 9.17) is 4.74 Å². The van der Waals surface area contributed by atoms with Crippen LogP contribution in [-0.2, 0) is 10.0 Å². The zero-order chi connectivity index (χ0) is 17.9. The van der Waals surface area contributed by atoms with Crippen LogP contribution in [0.1, 0.15) is 29.0 Å². The first-order valence-electron chi connectivity index (χ1n) is 8.29. The lowest BCUT2D eigenvalue weighted by Crippen LogP contribution is -2.35. The lowest BCUT2D eigenvalue weighted by atomic mass is 10.2. The SMILES string of the molecule is COc1cc(S(=O)(=O)N2CCCCC2)ccc1N=Cc1ccc(C)s1. The van der Waals surface area contributed by atoms with Crippen molar-refractivity contribution in [3.63, 3.8) is 0 Å². The highest BCUT2D eigenvalue weighted by molar-refractivity contribution is 7.89. The van der Waals surface area contributed by atoms with Gasteiger partial charge in [0.25, 0.3) is 0 Å². The van der Waals surface area contributed by atoms with Gasteiger partial charge in [-0.1, -0.05) is 6.42 Å². The Balaban J connectivity index is 1.87. The highest BCUT2D eigenvalue weighted by Crippen LogP contribution is 2.32. The second kappa shape index (κ2) is 7.68. The lowest BCUT2D eigenvalue weighted by Gasteiger charge is -2.26. The van der Waals surface area contributed by atoms with Gasteiger partial charge in [-0.2, -0.15) is 4.31 Å². The predicted octanol–water partition coefficient (Wildman–Crippen LogP) is 3.99. The fourth-order valence-corrected chi connectivity index (χ4v) is 5.12. The van der Waals surface area contributed by atoms with Gasteiger partial charge >= 0.3 is 0 Å². The Labute approximate surface area is 153 Å². The quantitative estimate of drug-likeness (QED) is 0.739. The van der Waals surface area contributed by atoms with Crippen LogP contribution in [0.5, 0.6) is 5.75 Å². The van der Waals surface area contributed by atoms with Crippen molar-refractivity contribution in [2.45, 2.75) is 31.1 Å². The van der Waals surface area contributed by atoms with E-state index in [1.807, 2.05) is 19.1 Å². The predicted molar refractivity (Wildman–Crippen MR) is 102 cm³/mol. The van der Waals surface area contributed by atoms with Gasteiger partial charge < -0.3 is 4.74 Å². The average molecular weight is 379 g/mol. The molecule has 0 aliphatic carbocycles. The average Bonchev–Trinajstić information content (AvgIpc) is 3.05. The number of hydrogen-bond acceptors (Lipinski definition) is 5. The van der Waals surface area contributed by atoms with Crippen molar-refractivity contribution in [1.82, 2.24) is 4.31 Å². The van der Waals surface area contributed by atoms with Crippen LogP contribution in [0, 0.1) is 6.92 Å². The molecule has 0 N–H and O–H groups in total. The van der Waals surface area contributed by atoms with Crippen LogP contribution in [0.15, 0.2) is 40.2 Å². The number of piperidine rings is 1. The number of benzene rings is 1. The molecule has 0 atom stereocenters. The van der Waals surface area contributed by atoms with Crippen molar-refractivity contribution < 1.29 is 13.2 Å². The van der Waals surface area contributed by atoms with E-state index in [-0.39, 0.29) is 4.90 Å². The Morgan fingerprint density at radius 3 is 2.56 bits per heavy atom.